The average Bonchev–Trinajstić information content (AvgIpc) is 2.38. The minimum absolute atomic E-state index is 0.271. The standard InChI is InChI=1S/C13H22N2OS/c1-4-9-17-10-11(14-5-2)13-12(16-3)7-6-8-15-13/h6-8,11,14H,4-5,9-10H2,1-3H3. The molecule has 4 heteroatoms. The van der Waals surface area contributed by atoms with Crippen molar-refractivity contribution in [1.82, 2.24) is 10.3 Å². The number of methoxy groups -OCH3 is 1. The first-order valence-electron chi connectivity index (χ1n) is 6.13. The van der Waals surface area contributed by atoms with Crippen LogP contribution in [0.4, 0.5) is 0 Å². The van der Waals surface area contributed by atoms with Crippen molar-refractivity contribution in [2.75, 3.05) is 25.2 Å². The van der Waals surface area contributed by atoms with Crippen LogP contribution in [0.1, 0.15) is 32.0 Å². The molecular formula is C13H22N2OS. The van der Waals surface area contributed by atoms with Crippen LogP contribution in [0.3, 0.4) is 0 Å². The van der Waals surface area contributed by atoms with Gasteiger partial charge in [0.1, 0.15) is 5.75 Å². The molecule has 0 saturated heterocycles. The number of thioether (sulfide) groups is 1. The van der Waals surface area contributed by atoms with Crippen LogP contribution in [0.2, 0.25) is 0 Å². The largest absolute Gasteiger partial charge is 0.495 e. The summed E-state index contributed by atoms with van der Waals surface area (Å²) in [6.45, 7) is 5.26. The van der Waals surface area contributed by atoms with E-state index < -0.39 is 0 Å². The normalized spacial score (nSPS) is 12.4. The Kier molecular flexibility index (Phi) is 7.05. The Morgan fingerprint density at radius 2 is 2.29 bits per heavy atom. The highest BCUT2D eigenvalue weighted by molar-refractivity contribution is 7.99. The fourth-order valence-corrected chi connectivity index (χ4v) is 2.63. The lowest BCUT2D eigenvalue weighted by Crippen LogP contribution is -2.24. The van der Waals surface area contributed by atoms with Crippen LogP contribution in [0, 0.1) is 0 Å². The van der Waals surface area contributed by atoms with Gasteiger partial charge in [-0.2, -0.15) is 11.8 Å². The number of nitrogens with zero attached hydrogens (tertiary/aromatic N) is 1. The number of hydrogen-bond acceptors (Lipinski definition) is 4. The van der Waals surface area contributed by atoms with Gasteiger partial charge in [-0.15, -0.1) is 0 Å². The Balaban J connectivity index is 2.73. The van der Waals surface area contributed by atoms with Gasteiger partial charge >= 0.3 is 0 Å². The molecule has 1 unspecified atom stereocenters. The van der Waals surface area contributed by atoms with Gasteiger partial charge in [0.15, 0.2) is 0 Å². The van der Waals surface area contributed by atoms with Gasteiger partial charge in [-0.25, -0.2) is 0 Å². The van der Waals surface area contributed by atoms with Crippen molar-refractivity contribution < 1.29 is 4.74 Å². The van der Waals surface area contributed by atoms with Crippen molar-refractivity contribution in [3.05, 3.63) is 24.0 Å². The van der Waals surface area contributed by atoms with Gasteiger partial charge in [-0.05, 0) is 30.9 Å². The summed E-state index contributed by atoms with van der Waals surface area (Å²) >= 11 is 1.96. The molecule has 0 aromatic carbocycles. The predicted octanol–water partition coefficient (Wildman–Crippen LogP) is 2.88. The quantitative estimate of drug-likeness (QED) is 0.723. The molecule has 0 bridgehead atoms. The minimum Gasteiger partial charge on any atom is -0.495 e. The van der Waals surface area contributed by atoms with Crippen LogP contribution in [-0.2, 0) is 0 Å². The van der Waals surface area contributed by atoms with E-state index in [4.69, 9.17) is 4.74 Å². The van der Waals surface area contributed by atoms with Crippen molar-refractivity contribution in [1.29, 1.82) is 0 Å². The first-order chi connectivity index (χ1) is 8.33. The zero-order valence-corrected chi connectivity index (χ0v) is 11.7. The third-order valence-electron chi connectivity index (χ3n) is 2.43. The smallest absolute Gasteiger partial charge is 0.142 e. The van der Waals surface area contributed by atoms with Gasteiger partial charge in [0.25, 0.3) is 0 Å². The molecule has 3 nitrogen and oxygen atoms in total. The molecule has 1 aromatic rings. The van der Waals surface area contributed by atoms with E-state index in [-0.39, 0.29) is 6.04 Å². The lowest BCUT2D eigenvalue weighted by Gasteiger charge is -2.19. The highest BCUT2D eigenvalue weighted by Gasteiger charge is 2.16. The molecule has 0 fully saturated rings. The Morgan fingerprint density at radius 1 is 1.47 bits per heavy atom. The lowest BCUT2D eigenvalue weighted by atomic mass is 10.2. The zero-order chi connectivity index (χ0) is 12.5. The van der Waals surface area contributed by atoms with Crippen molar-refractivity contribution in [3.8, 4) is 5.75 Å². The van der Waals surface area contributed by atoms with Crippen molar-refractivity contribution in [2.24, 2.45) is 0 Å². The number of aromatic nitrogens is 1. The minimum atomic E-state index is 0.271. The second kappa shape index (κ2) is 8.37. The molecule has 1 atom stereocenters. The molecule has 17 heavy (non-hydrogen) atoms. The second-order valence-electron chi connectivity index (χ2n) is 3.78. The predicted molar refractivity (Wildman–Crippen MR) is 74.8 cm³/mol. The fraction of sp³-hybridized carbons (Fsp3) is 0.615. The Hall–Kier alpha value is -0.740. The van der Waals surface area contributed by atoms with Gasteiger partial charge < -0.3 is 10.1 Å². The molecule has 1 heterocycles. The second-order valence-corrected chi connectivity index (χ2v) is 4.93. The van der Waals surface area contributed by atoms with E-state index in [1.165, 1.54) is 12.2 Å². The first kappa shape index (κ1) is 14.3. The van der Waals surface area contributed by atoms with E-state index in [1.54, 1.807) is 7.11 Å². The number of pyridine rings is 1. The summed E-state index contributed by atoms with van der Waals surface area (Å²) in [5, 5.41) is 3.47. The van der Waals surface area contributed by atoms with Gasteiger partial charge in [0, 0.05) is 11.9 Å². The van der Waals surface area contributed by atoms with Gasteiger partial charge in [0.2, 0.25) is 0 Å². The summed E-state index contributed by atoms with van der Waals surface area (Å²) < 4.78 is 5.37. The monoisotopic (exact) mass is 254 g/mol. The summed E-state index contributed by atoms with van der Waals surface area (Å²) in [7, 11) is 1.70. The van der Waals surface area contributed by atoms with Crippen LogP contribution in [0.15, 0.2) is 18.3 Å². The van der Waals surface area contributed by atoms with Crippen molar-refractivity contribution in [2.45, 2.75) is 26.3 Å². The number of nitrogens with one attached hydrogen (secondary N) is 1. The lowest BCUT2D eigenvalue weighted by molar-refractivity contribution is 0.398. The third-order valence-corrected chi connectivity index (χ3v) is 3.70. The van der Waals surface area contributed by atoms with Gasteiger partial charge in [-0.1, -0.05) is 13.8 Å². The zero-order valence-electron chi connectivity index (χ0n) is 10.9. The number of hydrogen-bond donors (Lipinski definition) is 1. The molecule has 0 spiro atoms. The number of ether oxygens (including phenoxy) is 1. The molecule has 0 saturated carbocycles. The van der Waals surface area contributed by atoms with Gasteiger partial charge in [0.05, 0.1) is 18.8 Å². The summed E-state index contributed by atoms with van der Waals surface area (Å²) in [5.41, 5.74) is 1.01. The maximum Gasteiger partial charge on any atom is 0.142 e. The fourth-order valence-electron chi connectivity index (χ4n) is 1.66. The summed E-state index contributed by atoms with van der Waals surface area (Å²) in [6, 6.07) is 4.15. The van der Waals surface area contributed by atoms with E-state index in [0.717, 1.165) is 23.7 Å². The summed E-state index contributed by atoms with van der Waals surface area (Å²) in [5.74, 6) is 3.10. The van der Waals surface area contributed by atoms with E-state index in [0.29, 0.717) is 0 Å². The third kappa shape index (κ3) is 4.56. The SMILES string of the molecule is CCCSCC(NCC)c1ncccc1OC. The molecule has 0 radical (unpaired) electrons. The summed E-state index contributed by atoms with van der Waals surface area (Å²) in [6.07, 6.45) is 3.04. The molecule has 1 N–H and O–H groups in total. The highest BCUT2D eigenvalue weighted by Crippen LogP contribution is 2.25. The molecular weight excluding hydrogens is 232 g/mol. The van der Waals surface area contributed by atoms with Crippen LogP contribution < -0.4 is 10.1 Å². The first-order valence-corrected chi connectivity index (χ1v) is 7.28. The van der Waals surface area contributed by atoms with E-state index in [1.807, 2.05) is 30.1 Å². The maximum atomic E-state index is 5.37. The van der Waals surface area contributed by atoms with Gasteiger partial charge in [-0.3, -0.25) is 4.98 Å². The molecule has 0 amide bonds. The Morgan fingerprint density at radius 3 is 2.94 bits per heavy atom. The van der Waals surface area contributed by atoms with Crippen LogP contribution in [0.5, 0.6) is 5.75 Å². The summed E-state index contributed by atoms with van der Waals surface area (Å²) in [4.78, 5) is 4.45. The van der Waals surface area contributed by atoms with Crippen molar-refractivity contribution in [3.63, 3.8) is 0 Å². The molecule has 0 aliphatic carbocycles. The van der Waals surface area contributed by atoms with Crippen molar-refractivity contribution >= 4 is 11.8 Å². The topological polar surface area (TPSA) is 34.2 Å². The molecule has 1 aromatic heterocycles. The number of rotatable bonds is 8. The van der Waals surface area contributed by atoms with E-state index in [2.05, 4.69) is 24.1 Å². The molecule has 96 valence electrons. The average molecular weight is 254 g/mol. The Labute approximate surface area is 108 Å². The maximum absolute atomic E-state index is 5.37. The Bertz CT molecular complexity index is 320. The molecule has 0 aliphatic rings. The molecule has 0 aliphatic heterocycles. The van der Waals surface area contributed by atoms with E-state index >= 15 is 0 Å². The van der Waals surface area contributed by atoms with Crippen LogP contribution in [0.25, 0.3) is 0 Å². The van der Waals surface area contributed by atoms with Crippen LogP contribution >= 0.6 is 11.8 Å². The highest BCUT2D eigenvalue weighted by atomic mass is 32.2. The van der Waals surface area contributed by atoms with E-state index in [9.17, 15) is 0 Å². The van der Waals surface area contributed by atoms with Crippen LogP contribution in [-0.4, -0.2) is 30.1 Å². The molecule has 1 rings (SSSR count).